The van der Waals surface area contributed by atoms with Crippen LogP contribution in [0.3, 0.4) is 0 Å². The van der Waals surface area contributed by atoms with Crippen LogP contribution in [0.15, 0.2) is 10.9 Å². The Bertz CT molecular complexity index is 677. The normalized spacial score (nSPS) is 22.8. The minimum absolute atomic E-state index is 0.104. The molecule has 0 spiro atoms. The second-order valence-electron chi connectivity index (χ2n) is 8.21. The first-order chi connectivity index (χ1) is 12.4. The molecular formula is C20H32N4O2. The summed E-state index contributed by atoms with van der Waals surface area (Å²) in [5.74, 6) is 1.61. The molecule has 144 valence electrons. The van der Waals surface area contributed by atoms with Crippen LogP contribution in [0.4, 0.5) is 0 Å². The number of aromatic amines is 1. The summed E-state index contributed by atoms with van der Waals surface area (Å²) in [5.41, 5.74) is 0.724. The van der Waals surface area contributed by atoms with Gasteiger partial charge < -0.3 is 14.8 Å². The summed E-state index contributed by atoms with van der Waals surface area (Å²) in [5, 5.41) is 0. The Morgan fingerprint density at radius 1 is 1.27 bits per heavy atom. The maximum Gasteiger partial charge on any atom is 0.251 e. The maximum atomic E-state index is 12.8. The third kappa shape index (κ3) is 4.72. The molecule has 1 N–H and O–H groups in total. The number of nitrogens with zero attached hydrogens (tertiary/aromatic N) is 3. The Morgan fingerprint density at radius 3 is 2.65 bits per heavy atom. The topological polar surface area (TPSA) is 69.3 Å². The molecule has 0 saturated carbocycles. The van der Waals surface area contributed by atoms with Crippen LogP contribution >= 0.6 is 0 Å². The first kappa shape index (κ1) is 19.1. The van der Waals surface area contributed by atoms with Crippen molar-refractivity contribution in [3.8, 4) is 0 Å². The minimum Gasteiger partial charge on any atom is -0.342 e. The van der Waals surface area contributed by atoms with E-state index in [0.717, 1.165) is 51.0 Å². The van der Waals surface area contributed by atoms with Crippen molar-refractivity contribution in [2.45, 2.75) is 64.8 Å². The summed E-state index contributed by atoms with van der Waals surface area (Å²) in [6.45, 7) is 10.0. The van der Waals surface area contributed by atoms with Crippen molar-refractivity contribution in [1.82, 2.24) is 19.8 Å². The molecule has 1 aromatic heterocycles. The molecule has 0 aliphatic carbocycles. The standard InChI is InChI=1S/C20H32N4O2/c1-14(2)23-9-6-16(7-10-23)11-20(26)24-8-4-5-17(13-24)18-12-19(25)22-15(3)21-18/h12,14,16-17H,4-11,13H2,1-3H3,(H,21,22,25). The van der Waals surface area contributed by atoms with Crippen molar-refractivity contribution < 1.29 is 4.79 Å². The summed E-state index contributed by atoms with van der Waals surface area (Å²) in [6, 6.07) is 2.19. The lowest BCUT2D eigenvalue weighted by Crippen LogP contribution is -2.42. The number of aromatic nitrogens is 2. The number of hydrogen-bond donors (Lipinski definition) is 1. The highest BCUT2D eigenvalue weighted by Gasteiger charge is 2.29. The Kier molecular flexibility index (Phi) is 6.12. The molecule has 2 aliphatic rings. The molecule has 3 heterocycles. The molecule has 3 rings (SSSR count). The molecule has 0 bridgehead atoms. The molecule has 6 heteroatoms. The Balaban J connectivity index is 1.56. The van der Waals surface area contributed by atoms with Gasteiger partial charge in [0.25, 0.3) is 5.56 Å². The number of carbonyl (C=O) groups is 1. The Morgan fingerprint density at radius 2 is 2.00 bits per heavy atom. The number of carbonyl (C=O) groups excluding carboxylic acids is 1. The SMILES string of the molecule is Cc1nc(C2CCCN(C(=O)CC3CCN(C(C)C)CC3)C2)cc(=O)[nH]1. The summed E-state index contributed by atoms with van der Waals surface area (Å²) < 4.78 is 0. The van der Waals surface area contributed by atoms with Gasteiger partial charge in [0.2, 0.25) is 5.91 Å². The van der Waals surface area contributed by atoms with E-state index in [1.54, 1.807) is 13.0 Å². The summed E-state index contributed by atoms with van der Waals surface area (Å²) >= 11 is 0. The zero-order valence-corrected chi connectivity index (χ0v) is 16.3. The van der Waals surface area contributed by atoms with Crippen LogP contribution in [0.2, 0.25) is 0 Å². The van der Waals surface area contributed by atoms with E-state index in [9.17, 15) is 9.59 Å². The zero-order chi connectivity index (χ0) is 18.7. The van der Waals surface area contributed by atoms with Gasteiger partial charge in [-0.15, -0.1) is 0 Å². The molecule has 6 nitrogen and oxygen atoms in total. The molecule has 26 heavy (non-hydrogen) atoms. The van der Waals surface area contributed by atoms with Gasteiger partial charge in [-0.25, -0.2) is 4.98 Å². The van der Waals surface area contributed by atoms with Gasteiger partial charge in [-0.05, 0) is 65.5 Å². The van der Waals surface area contributed by atoms with Crippen molar-refractivity contribution in [3.63, 3.8) is 0 Å². The zero-order valence-electron chi connectivity index (χ0n) is 16.3. The minimum atomic E-state index is -0.104. The highest BCUT2D eigenvalue weighted by Crippen LogP contribution is 2.27. The van der Waals surface area contributed by atoms with E-state index in [1.165, 1.54) is 0 Å². The van der Waals surface area contributed by atoms with Gasteiger partial charge in [0.1, 0.15) is 5.82 Å². The van der Waals surface area contributed by atoms with Crippen molar-refractivity contribution in [3.05, 3.63) is 27.9 Å². The van der Waals surface area contributed by atoms with Crippen LogP contribution in [-0.4, -0.2) is 57.9 Å². The number of H-pyrrole nitrogens is 1. The van der Waals surface area contributed by atoms with E-state index in [0.29, 0.717) is 30.7 Å². The number of amides is 1. The Labute approximate surface area is 156 Å². The molecule has 1 aromatic rings. The highest BCUT2D eigenvalue weighted by atomic mass is 16.2. The van der Waals surface area contributed by atoms with Gasteiger partial charge in [0.05, 0.1) is 5.69 Å². The molecular weight excluding hydrogens is 328 g/mol. The number of nitrogens with one attached hydrogen (secondary N) is 1. The molecule has 2 fully saturated rings. The average molecular weight is 361 g/mol. The summed E-state index contributed by atoms with van der Waals surface area (Å²) in [7, 11) is 0. The lowest BCUT2D eigenvalue weighted by Gasteiger charge is -2.36. The first-order valence-electron chi connectivity index (χ1n) is 10.0. The fourth-order valence-electron chi connectivity index (χ4n) is 4.31. The number of piperidine rings is 2. The smallest absolute Gasteiger partial charge is 0.251 e. The molecule has 1 atom stereocenters. The molecule has 1 amide bonds. The second-order valence-corrected chi connectivity index (χ2v) is 8.21. The lowest BCUT2D eigenvalue weighted by atomic mass is 9.90. The van der Waals surface area contributed by atoms with Crippen molar-refractivity contribution in [1.29, 1.82) is 0 Å². The number of likely N-dealkylation sites (tertiary alicyclic amines) is 2. The van der Waals surface area contributed by atoms with E-state index < -0.39 is 0 Å². The maximum absolute atomic E-state index is 12.8. The lowest BCUT2D eigenvalue weighted by molar-refractivity contribution is -0.133. The number of hydrogen-bond acceptors (Lipinski definition) is 4. The predicted molar refractivity (Wildman–Crippen MR) is 102 cm³/mol. The van der Waals surface area contributed by atoms with Crippen LogP contribution in [0.25, 0.3) is 0 Å². The molecule has 0 aromatic carbocycles. The van der Waals surface area contributed by atoms with E-state index >= 15 is 0 Å². The summed E-state index contributed by atoms with van der Waals surface area (Å²) in [4.78, 5) is 36.2. The largest absolute Gasteiger partial charge is 0.342 e. The molecule has 2 aliphatic heterocycles. The monoisotopic (exact) mass is 360 g/mol. The number of rotatable bonds is 4. The van der Waals surface area contributed by atoms with Crippen LogP contribution in [0.5, 0.6) is 0 Å². The Hall–Kier alpha value is -1.69. The fraction of sp³-hybridized carbons (Fsp3) is 0.750. The third-order valence-corrected chi connectivity index (χ3v) is 5.91. The molecule has 0 radical (unpaired) electrons. The van der Waals surface area contributed by atoms with Crippen molar-refractivity contribution >= 4 is 5.91 Å². The summed E-state index contributed by atoms with van der Waals surface area (Å²) in [6.07, 6.45) is 4.88. The van der Waals surface area contributed by atoms with Crippen molar-refractivity contribution in [2.24, 2.45) is 5.92 Å². The molecule has 2 saturated heterocycles. The van der Waals surface area contributed by atoms with Crippen molar-refractivity contribution in [2.75, 3.05) is 26.2 Å². The fourth-order valence-corrected chi connectivity index (χ4v) is 4.31. The van der Waals surface area contributed by atoms with E-state index in [1.807, 2.05) is 4.90 Å². The first-order valence-corrected chi connectivity index (χ1v) is 10.0. The van der Waals surface area contributed by atoms with E-state index in [2.05, 4.69) is 28.7 Å². The van der Waals surface area contributed by atoms with Gasteiger partial charge in [-0.1, -0.05) is 0 Å². The van der Waals surface area contributed by atoms with Gasteiger partial charge in [0.15, 0.2) is 0 Å². The van der Waals surface area contributed by atoms with E-state index in [4.69, 9.17) is 0 Å². The third-order valence-electron chi connectivity index (χ3n) is 5.91. The average Bonchev–Trinajstić information content (AvgIpc) is 2.61. The van der Waals surface area contributed by atoms with Gasteiger partial charge in [-0.2, -0.15) is 0 Å². The number of aryl methyl sites for hydroxylation is 1. The van der Waals surface area contributed by atoms with Crippen LogP contribution < -0.4 is 5.56 Å². The van der Waals surface area contributed by atoms with Gasteiger partial charge in [-0.3, -0.25) is 9.59 Å². The van der Waals surface area contributed by atoms with Gasteiger partial charge in [0, 0.05) is 37.5 Å². The predicted octanol–water partition coefficient (Wildman–Crippen LogP) is 2.29. The van der Waals surface area contributed by atoms with E-state index in [-0.39, 0.29) is 17.4 Å². The molecule has 1 unspecified atom stereocenters. The second kappa shape index (κ2) is 8.33. The van der Waals surface area contributed by atoms with Crippen LogP contribution in [-0.2, 0) is 4.79 Å². The van der Waals surface area contributed by atoms with Crippen LogP contribution in [0.1, 0.15) is 63.4 Å². The van der Waals surface area contributed by atoms with Crippen LogP contribution in [0, 0.1) is 12.8 Å². The highest BCUT2D eigenvalue weighted by molar-refractivity contribution is 5.76. The van der Waals surface area contributed by atoms with Gasteiger partial charge >= 0.3 is 0 Å². The quantitative estimate of drug-likeness (QED) is 0.894.